The summed E-state index contributed by atoms with van der Waals surface area (Å²) in [4.78, 5) is 28.5. The highest BCUT2D eigenvalue weighted by molar-refractivity contribution is 7.31. The summed E-state index contributed by atoms with van der Waals surface area (Å²) in [7, 11) is -5.74. The molecule has 8 heteroatoms. The highest BCUT2D eigenvalue weighted by Crippen LogP contribution is 2.15. The summed E-state index contributed by atoms with van der Waals surface area (Å²) < 4.78 is 17.4. The SMILES string of the molecule is C1CCCC1.O=[P+](O)O.O=[P+](O)O. The molecule has 1 rings (SSSR count). The molecule has 0 atom stereocenters. The number of hydrogen-bond donors (Lipinski definition) is 4. The molecule has 0 aromatic rings. The monoisotopic (exact) mass is 232 g/mol. The van der Waals surface area contributed by atoms with E-state index in [4.69, 9.17) is 28.7 Å². The lowest BCUT2D eigenvalue weighted by atomic mass is 10.4. The van der Waals surface area contributed by atoms with Crippen LogP contribution < -0.4 is 0 Å². The van der Waals surface area contributed by atoms with E-state index in [9.17, 15) is 0 Å². The Hall–Kier alpha value is 0.0400. The van der Waals surface area contributed by atoms with E-state index in [1.54, 1.807) is 0 Å². The molecular formula is C5H14O6P2+2. The molecule has 6 nitrogen and oxygen atoms in total. The summed E-state index contributed by atoms with van der Waals surface area (Å²) in [6, 6.07) is 0. The quantitative estimate of drug-likeness (QED) is 0.466. The van der Waals surface area contributed by atoms with E-state index in [0.29, 0.717) is 0 Å². The van der Waals surface area contributed by atoms with Gasteiger partial charge in [-0.3, -0.25) is 0 Å². The van der Waals surface area contributed by atoms with Crippen LogP contribution in [0.4, 0.5) is 0 Å². The normalized spacial score (nSPS) is 13.2. The van der Waals surface area contributed by atoms with E-state index < -0.39 is 16.5 Å². The second-order valence-electron chi connectivity index (χ2n) is 2.27. The third-order valence-corrected chi connectivity index (χ3v) is 1.25. The lowest BCUT2D eigenvalue weighted by molar-refractivity contribution is 0.403. The average Bonchev–Trinajstić information content (AvgIpc) is 2.35. The molecule has 0 amide bonds. The molecule has 1 aliphatic carbocycles. The molecule has 1 fully saturated rings. The van der Waals surface area contributed by atoms with E-state index in [-0.39, 0.29) is 0 Å². The first-order valence-electron chi connectivity index (χ1n) is 3.67. The van der Waals surface area contributed by atoms with Crippen molar-refractivity contribution in [2.24, 2.45) is 0 Å². The van der Waals surface area contributed by atoms with Gasteiger partial charge < -0.3 is 0 Å². The van der Waals surface area contributed by atoms with Crippen molar-refractivity contribution in [3.63, 3.8) is 0 Å². The molecule has 1 saturated carbocycles. The van der Waals surface area contributed by atoms with Crippen molar-refractivity contribution in [1.82, 2.24) is 0 Å². The van der Waals surface area contributed by atoms with Crippen LogP contribution in [0.5, 0.6) is 0 Å². The van der Waals surface area contributed by atoms with Crippen LogP contribution in [-0.4, -0.2) is 19.6 Å². The van der Waals surface area contributed by atoms with Gasteiger partial charge in [0.15, 0.2) is 0 Å². The molecule has 78 valence electrons. The minimum Gasteiger partial charge on any atom is -0.134 e. The van der Waals surface area contributed by atoms with Gasteiger partial charge in [-0.25, -0.2) is 0 Å². The third-order valence-electron chi connectivity index (χ3n) is 1.25. The van der Waals surface area contributed by atoms with Crippen LogP contribution in [0.1, 0.15) is 32.1 Å². The molecule has 0 spiro atoms. The molecule has 13 heavy (non-hydrogen) atoms. The Morgan fingerprint density at radius 3 is 0.769 bits per heavy atom. The second-order valence-corrected chi connectivity index (χ2v) is 3.28. The summed E-state index contributed by atoms with van der Waals surface area (Å²) >= 11 is 0. The van der Waals surface area contributed by atoms with Gasteiger partial charge in [0.25, 0.3) is 0 Å². The zero-order valence-electron chi connectivity index (χ0n) is 7.04. The number of rotatable bonds is 0. The maximum absolute atomic E-state index is 8.70. The lowest BCUT2D eigenvalue weighted by Gasteiger charge is -1.67. The van der Waals surface area contributed by atoms with E-state index in [1.165, 1.54) is 32.1 Å². The molecule has 1 aliphatic rings. The van der Waals surface area contributed by atoms with Gasteiger partial charge in [0.2, 0.25) is 0 Å². The Labute approximate surface area is 78.1 Å². The Bertz CT molecular complexity index is 118. The zero-order chi connectivity index (χ0) is 10.7. The van der Waals surface area contributed by atoms with Crippen molar-refractivity contribution in [1.29, 1.82) is 0 Å². The first kappa shape index (κ1) is 15.5. The van der Waals surface area contributed by atoms with E-state index >= 15 is 0 Å². The highest BCUT2D eigenvalue weighted by atomic mass is 31.1. The Kier molecular flexibility index (Phi) is 14.4. The van der Waals surface area contributed by atoms with Gasteiger partial charge in [0, 0.05) is 9.13 Å². The van der Waals surface area contributed by atoms with E-state index in [1.807, 2.05) is 0 Å². The molecule has 0 bridgehead atoms. The van der Waals surface area contributed by atoms with Gasteiger partial charge in [0.05, 0.1) is 0 Å². The molecule has 4 N–H and O–H groups in total. The van der Waals surface area contributed by atoms with Crippen LogP contribution in [0, 0.1) is 0 Å². The van der Waals surface area contributed by atoms with Crippen LogP contribution >= 0.6 is 16.5 Å². The van der Waals surface area contributed by atoms with Gasteiger partial charge in [-0.15, -0.1) is 19.6 Å². The standard InChI is InChI=1S/C5H10.2HO3P/c1-2-4-5-3-1;2*1-4(2)3/h1-5H2;2*(H-,1,2,3)/p+2. The summed E-state index contributed by atoms with van der Waals surface area (Å²) in [5, 5.41) is 0. The average molecular weight is 232 g/mol. The van der Waals surface area contributed by atoms with Crippen LogP contribution in [0.3, 0.4) is 0 Å². The van der Waals surface area contributed by atoms with Crippen molar-refractivity contribution < 1.29 is 28.7 Å². The van der Waals surface area contributed by atoms with Crippen molar-refractivity contribution in [3.8, 4) is 0 Å². The molecule has 0 radical (unpaired) electrons. The van der Waals surface area contributed by atoms with Crippen LogP contribution in [0.25, 0.3) is 0 Å². The summed E-state index contributed by atoms with van der Waals surface area (Å²) in [6.45, 7) is 0. The van der Waals surface area contributed by atoms with Crippen LogP contribution in [0.15, 0.2) is 0 Å². The van der Waals surface area contributed by atoms with Crippen LogP contribution in [-0.2, 0) is 9.13 Å². The molecule has 0 heterocycles. The minimum absolute atomic E-state index is 1.50. The van der Waals surface area contributed by atoms with Gasteiger partial charge in [-0.1, -0.05) is 32.1 Å². The fourth-order valence-electron chi connectivity index (χ4n) is 0.884. The first-order valence-corrected chi connectivity index (χ1v) is 6.00. The Morgan fingerprint density at radius 1 is 0.615 bits per heavy atom. The Balaban J connectivity index is 0. The van der Waals surface area contributed by atoms with Crippen molar-refractivity contribution in [2.45, 2.75) is 32.1 Å². The molecule has 0 unspecified atom stereocenters. The van der Waals surface area contributed by atoms with Crippen molar-refractivity contribution in [3.05, 3.63) is 0 Å². The largest absolute Gasteiger partial charge is 0.692 e. The summed E-state index contributed by atoms with van der Waals surface area (Å²) in [5.41, 5.74) is 0. The van der Waals surface area contributed by atoms with Gasteiger partial charge in [-0.05, 0) is 0 Å². The molecule has 0 aliphatic heterocycles. The van der Waals surface area contributed by atoms with Crippen LogP contribution in [0.2, 0.25) is 0 Å². The predicted octanol–water partition coefficient (Wildman–Crippen LogP) is 1.21. The molecular weight excluding hydrogens is 218 g/mol. The van der Waals surface area contributed by atoms with Gasteiger partial charge in [0.1, 0.15) is 0 Å². The molecule has 0 aromatic heterocycles. The Morgan fingerprint density at radius 2 is 0.692 bits per heavy atom. The van der Waals surface area contributed by atoms with E-state index in [2.05, 4.69) is 0 Å². The first-order chi connectivity index (χ1) is 5.96. The smallest absolute Gasteiger partial charge is 0.134 e. The topological polar surface area (TPSA) is 115 Å². The fraction of sp³-hybridized carbons (Fsp3) is 1.00. The van der Waals surface area contributed by atoms with Crippen molar-refractivity contribution in [2.75, 3.05) is 0 Å². The number of hydrogen-bond acceptors (Lipinski definition) is 2. The molecule has 0 saturated heterocycles. The fourth-order valence-corrected chi connectivity index (χ4v) is 0.884. The third kappa shape index (κ3) is 47.8. The lowest BCUT2D eigenvalue weighted by Crippen LogP contribution is -1.47. The highest BCUT2D eigenvalue weighted by Gasteiger charge is 1.95. The van der Waals surface area contributed by atoms with Gasteiger partial charge in [-0.2, -0.15) is 0 Å². The summed E-state index contributed by atoms with van der Waals surface area (Å²) in [5.74, 6) is 0. The second kappa shape index (κ2) is 12.0. The van der Waals surface area contributed by atoms with E-state index in [0.717, 1.165) is 0 Å². The minimum atomic E-state index is -2.87. The van der Waals surface area contributed by atoms with Crippen molar-refractivity contribution >= 4 is 16.5 Å². The maximum Gasteiger partial charge on any atom is 0.692 e. The molecule has 0 aromatic carbocycles. The zero-order valence-corrected chi connectivity index (χ0v) is 8.82. The predicted molar refractivity (Wildman–Crippen MR) is 47.2 cm³/mol. The maximum atomic E-state index is 8.70. The van der Waals surface area contributed by atoms with Gasteiger partial charge >= 0.3 is 16.5 Å². The summed E-state index contributed by atoms with van der Waals surface area (Å²) in [6.07, 6.45) is 7.50.